The summed E-state index contributed by atoms with van der Waals surface area (Å²) in [4.78, 5) is 12.8. The third-order valence-corrected chi connectivity index (χ3v) is 5.90. The number of carbonyl (C=O) groups is 1. The molecular formula is C20H26N2O3. The van der Waals surface area contributed by atoms with E-state index in [1.54, 1.807) is 0 Å². The predicted octanol–water partition coefficient (Wildman–Crippen LogP) is 3.38. The van der Waals surface area contributed by atoms with Gasteiger partial charge in [0.1, 0.15) is 5.76 Å². The lowest BCUT2D eigenvalue weighted by atomic mass is 9.84. The van der Waals surface area contributed by atoms with Gasteiger partial charge >= 0.3 is 0 Å². The van der Waals surface area contributed by atoms with Gasteiger partial charge in [-0.25, -0.2) is 0 Å². The van der Waals surface area contributed by atoms with Crippen molar-refractivity contribution in [3.05, 3.63) is 30.0 Å². The van der Waals surface area contributed by atoms with Crippen LogP contribution in [-0.4, -0.2) is 18.6 Å². The third kappa shape index (κ3) is 2.80. The molecule has 134 valence electrons. The van der Waals surface area contributed by atoms with Gasteiger partial charge in [0.2, 0.25) is 5.91 Å². The fourth-order valence-electron chi connectivity index (χ4n) is 4.64. The van der Waals surface area contributed by atoms with Crippen LogP contribution < -0.4 is 15.8 Å². The zero-order valence-electron chi connectivity index (χ0n) is 14.8. The van der Waals surface area contributed by atoms with E-state index in [9.17, 15) is 4.79 Å². The Morgan fingerprint density at radius 3 is 2.92 bits per heavy atom. The number of nitrogens with one attached hydrogen (secondary N) is 1. The third-order valence-electron chi connectivity index (χ3n) is 5.90. The van der Waals surface area contributed by atoms with Crippen LogP contribution in [0.4, 0.5) is 0 Å². The quantitative estimate of drug-likeness (QED) is 0.873. The molecule has 1 heterocycles. The number of amides is 1. The van der Waals surface area contributed by atoms with Gasteiger partial charge in [0, 0.05) is 11.4 Å². The number of nitrogens with two attached hydrogens (primary N) is 1. The highest BCUT2D eigenvalue weighted by Gasteiger charge is 2.49. The Bertz CT molecular complexity index is 782. The normalized spacial score (nSPS) is 29.1. The van der Waals surface area contributed by atoms with Gasteiger partial charge in [0.25, 0.3) is 0 Å². The van der Waals surface area contributed by atoms with Gasteiger partial charge in [-0.2, -0.15) is 0 Å². The molecule has 2 aliphatic rings. The van der Waals surface area contributed by atoms with Crippen molar-refractivity contribution in [1.29, 1.82) is 0 Å². The van der Waals surface area contributed by atoms with Crippen LogP contribution in [0.15, 0.2) is 28.7 Å². The topological polar surface area (TPSA) is 77.5 Å². The van der Waals surface area contributed by atoms with Crippen LogP contribution in [0.3, 0.4) is 0 Å². The predicted molar refractivity (Wildman–Crippen MR) is 96.2 cm³/mol. The van der Waals surface area contributed by atoms with Gasteiger partial charge in [0.15, 0.2) is 11.3 Å². The van der Waals surface area contributed by atoms with Crippen LogP contribution in [0.5, 0.6) is 5.75 Å². The minimum Gasteiger partial charge on any atom is -0.490 e. The van der Waals surface area contributed by atoms with Gasteiger partial charge in [-0.15, -0.1) is 0 Å². The minimum atomic E-state index is -0.194. The van der Waals surface area contributed by atoms with Crippen molar-refractivity contribution in [2.75, 3.05) is 6.61 Å². The van der Waals surface area contributed by atoms with E-state index in [2.05, 4.69) is 5.32 Å². The summed E-state index contributed by atoms with van der Waals surface area (Å²) in [5, 5.41) is 4.10. The lowest BCUT2D eigenvalue weighted by Crippen LogP contribution is -2.45. The number of furan rings is 1. The molecule has 5 nitrogen and oxygen atoms in total. The second kappa shape index (κ2) is 6.37. The molecule has 2 aromatic rings. The lowest BCUT2D eigenvalue weighted by molar-refractivity contribution is -0.127. The van der Waals surface area contributed by atoms with Crippen LogP contribution in [-0.2, 0) is 4.79 Å². The zero-order valence-corrected chi connectivity index (χ0v) is 14.8. The first-order chi connectivity index (χ1) is 12.1. The minimum absolute atomic E-state index is 0.00572. The number of rotatable bonds is 5. The number of hydrogen-bond acceptors (Lipinski definition) is 4. The van der Waals surface area contributed by atoms with E-state index in [0.717, 1.165) is 35.3 Å². The molecule has 0 saturated heterocycles. The zero-order chi connectivity index (χ0) is 17.6. The van der Waals surface area contributed by atoms with Crippen LogP contribution in [0.2, 0.25) is 0 Å². The number of benzene rings is 1. The summed E-state index contributed by atoms with van der Waals surface area (Å²) in [6.07, 6.45) is 3.41. The van der Waals surface area contributed by atoms with E-state index in [1.807, 2.05) is 38.1 Å². The molecule has 25 heavy (non-hydrogen) atoms. The molecule has 2 saturated carbocycles. The van der Waals surface area contributed by atoms with E-state index in [1.165, 1.54) is 6.42 Å². The number of fused-ring (bicyclic) bond motifs is 3. The van der Waals surface area contributed by atoms with E-state index in [0.29, 0.717) is 18.4 Å². The molecule has 4 rings (SSSR count). The van der Waals surface area contributed by atoms with Crippen molar-refractivity contribution in [2.45, 2.75) is 45.2 Å². The summed E-state index contributed by atoms with van der Waals surface area (Å²) in [5.74, 6) is 2.47. The summed E-state index contributed by atoms with van der Waals surface area (Å²) in [6.45, 7) is 4.49. The largest absolute Gasteiger partial charge is 0.490 e. The van der Waals surface area contributed by atoms with Crippen LogP contribution in [0.25, 0.3) is 11.0 Å². The SMILES string of the molecule is CCOc1cccc2cc(C(C)NC(=O)C3C4CCC(C4)C3N)oc12. The summed E-state index contributed by atoms with van der Waals surface area (Å²) in [6, 6.07) is 7.63. The molecule has 2 aliphatic carbocycles. The van der Waals surface area contributed by atoms with Crippen molar-refractivity contribution in [2.24, 2.45) is 23.5 Å². The number of hydrogen-bond donors (Lipinski definition) is 2. The molecule has 2 fully saturated rings. The van der Waals surface area contributed by atoms with E-state index >= 15 is 0 Å². The Morgan fingerprint density at radius 1 is 1.40 bits per heavy atom. The van der Waals surface area contributed by atoms with Crippen LogP contribution >= 0.6 is 0 Å². The van der Waals surface area contributed by atoms with Gasteiger partial charge in [-0.05, 0) is 57.1 Å². The maximum absolute atomic E-state index is 12.8. The Labute approximate surface area is 147 Å². The number of ether oxygens (including phenoxy) is 1. The molecule has 2 bridgehead atoms. The molecule has 5 unspecified atom stereocenters. The van der Waals surface area contributed by atoms with Gasteiger partial charge in [-0.1, -0.05) is 12.1 Å². The van der Waals surface area contributed by atoms with Gasteiger partial charge in [-0.3, -0.25) is 4.79 Å². The molecule has 0 radical (unpaired) electrons. The standard InChI is InChI=1S/C20H26N2O3/c1-3-24-15-6-4-5-14-10-16(25-19(14)15)11(2)22-20(23)17-12-7-8-13(9-12)18(17)21/h4-6,10-13,17-18H,3,7-9,21H2,1-2H3,(H,22,23). The van der Waals surface area contributed by atoms with Crippen molar-refractivity contribution in [3.63, 3.8) is 0 Å². The average Bonchev–Trinajstić information content (AvgIpc) is 3.29. The molecule has 5 atom stereocenters. The van der Waals surface area contributed by atoms with E-state index in [-0.39, 0.29) is 23.9 Å². The summed E-state index contributed by atoms with van der Waals surface area (Å²) < 4.78 is 11.6. The highest BCUT2D eigenvalue weighted by atomic mass is 16.5. The summed E-state index contributed by atoms with van der Waals surface area (Å²) in [7, 11) is 0. The second-order valence-electron chi connectivity index (χ2n) is 7.42. The molecule has 1 aromatic carbocycles. The maximum atomic E-state index is 12.8. The molecule has 5 heteroatoms. The first kappa shape index (κ1) is 16.5. The molecule has 0 spiro atoms. The maximum Gasteiger partial charge on any atom is 0.225 e. The summed E-state index contributed by atoms with van der Waals surface area (Å²) in [5.41, 5.74) is 7.03. The van der Waals surface area contributed by atoms with E-state index in [4.69, 9.17) is 14.9 Å². The Balaban J connectivity index is 1.51. The molecule has 0 aliphatic heterocycles. The molecule has 1 amide bonds. The monoisotopic (exact) mass is 342 g/mol. The van der Waals surface area contributed by atoms with Gasteiger partial charge in [0.05, 0.1) is 18.6 Å². The van der Waals surface area contributed by atoms with Crippen molar-refractivity contribution < 1.29 is 13.9 Å². The average molecular weight is 342 g/mol. The number of carbonyl (C=O) groups excluding carboxylic acids is 1. The highest BCUT2D eigenvalue weighted by Crippen LogP contribution is 2.47. The Kier molecular flexibility index (Phi) is 4.20. The molecule has 1 aromatic heterocycles. The first-order valence-corrected chi connectivity index (χ1v) is 9.29. The summed E-state index contributed by atoms with van der Waals surface area (Å²) >= 11 is 0. The van der Waals surface area contributed by atoms with Crippen LogP contribution in [0.1, 0.15) is 44.9 Å². The van der Waals surface area contributed by atoms with E-state index < -0.39 is 0 Å². The number of para-hydroxylation sites is 1. The Morgan fingerprint density at radius 2 is 2.20 bits per heavy atom. The highest BCUT2D eigenvalue weighted by molar-refractivity contribution is 5.84. The molecular weight excluding hydrogens is 316 g/mol. The fraction of sp³-hybridized carbons (Fsp3) is 0.550. The molecule has 3 N–H and O–H groups in total. The smallest absolute Gasteiger partial charge is 0.225 e. The van der Waals surface area contributed by atoms with Crippen molar-refractivity contribution in [3.8, 4) is 5.75 Å². The van der Waals surface area contributed by atoms with Crippen molar-refractivity contribution >= 4 is 16.9 Å². The van der Waals surface area contributed by atoms with Crippen molar-refractivity contribution in [1.82, 2.24) is 5.32 Å². The first-order valence-electron chi connectivity index (χ1n) is 9.29. The van der Waals surface area contributed by atoms with Crippen LogP contribution in [0, 0.1) is 17.8 Å². The van der Waals surface area contributed by atoms with Gasteiger partial charge < -0.3 is 20.2 Å². The Hall–Kier alpha value is -2.01. The fourth-order valence-corrected chi connectivity index (χ4v) is 4.64. The lowest BCUT2D eigenvalue weighted by Gasteiger charge is -2.28. The second-order valence-corrected chi connectivity index (χ2v) is 7.42.